The third-order valence-corrected chi connectivity index (χ3v) is 5.44. The van der Waals surface area contributed by atoms with Gasteiger partial charge in [0.15, 0.2) is 0 Å². The van der Waals surface area contributed by atoms with Crippen LogP contribution in [0.4, 0.5) is 8.78 Å². The van der Waals surface area contributed by atoms with Crippen LogP contribution in [0.3, 0.4) is 0 Å². The highest BCUT2D eigenvalue weighted by Crippen LogP contribution is 2.25. The Morgan fingerprint density at radius 1 is 1.14 bits per heavy atom. The minimum atomic E-state index is -0.729. The molecule has 2 aliphatic heterocycles. The summed E-state index contributed by atoms with van der Waals surface area (Å²) in [6.07, 6.45) is 2.75. The molecule has 3 rings (SSSR count). The molecule has 8 heteroatoms. The molecule has 2 saturated heterocycles. The summed E-state index contributed by atoms with van der Waals surface area (Å²) >= 11 is 0. The molecular weight excluding hydrogens is 370 g/mol. The van der Waals surface area contributed by atoms with Crippen molar-refractivity contribution in [2.75, 3.05) is 40.0 Å². The summed E-state index contributed by atoms with van der Waals surface area (Å²) in [5, 5.41) is 0. The van der Waals surface area contributed by atoms with Gasteiger partial charge in [-0.05, 0) is 43.9 Å². The Morgan fingerprint density at radius 2 is 1.79 bits per heavy atom. The molecule has 1 aromatic rings. The first-order valence-corrected chi connectivity index (χ1v) is 9.63. The largest absolute Gasteiger partial charge is 0.381 e. The zero-order valence-electron chi connectivity index (χ0n) is 16.0. The van der Waals surface area contributed by atoms with Gasteiger partial charge >= 0.3 is 0 Å². The Morgan fingerprint density at radius 3 is 2.43 bits per heavy atom. The maximum absolute atomic E-state index is 13.9. The smallest absolute Gasteiger partial charge is 0.256 e. The van der Waals surface area contributed by atoms with E-state index in [1.54, 1.807) is 0 Å². The summed E-state index contributed by atoms with van der Waals surface area (Å²) in [5.74, 6) is -1.95. The van der Waals surface area contributed by atoms with E-state index in [4.69, 9.17) is 9.47 Å². The molecule has 0 N–H and O–H groups in total. The number of rotatable bonds is 5. The van der Waals surface area contributed by atoms with Crippen LogP contribution in [-0.2, 0) is 14.3 Å². The molecule has 28 heavy (non-hydrogen) atoms. The maximum Gasteiger partial charge on any atom is 0.256 e. The van der Waals surface area contributed by atoms with Crippen molar-refractivity contribution < 1.29 is 27.8 Å². The van der Waals surface area contributed by atoms with Crippen LogP contribution in [-0.4, -0.2) is 73.7 Å². The molecule has 0 aliphatic carbocycles. The van der Waals surface area contributed by atoms with Crippen LogP contribution in [0, 0.1) is 11.6 Å². The molecule has 0 radical (unpaired) electrons. The van der Waals surface area contributed by atoms with Crippen LogP contribution >= 0.6 is 0 Å². The van der Waals surface area contributed by atoms with E-state index >= 15 is 0 Å². The fourth-order valence-electron chi connectivity index (χ4n) is 4.05. The quantitative estimate of drug-likeness (QED) is 0.766. The third-order valence-electron chi connectivity index (χ3n) is 5.44. The van der Waals surface area contributed by atoms with Crippen LogP contribution in [0.15, 0.2) is 18.2 Å². The van der Waals surface area contributed by atoms with E-state index < -0.39 is 17.5 Å². The van der Waals surface area contributed by atoms with Gasteiger partial charge in [0.05, 0.1) is 5.56 Å². The Balaban J connectivity index is 1.67. The van der Waals surface area contributed by atoms with Crippen LogP contribution < -0.4 is 0 Å². The molecule has 0 bridgehead atoms. The number of piperidine rings is 1. The number of carbonyl (C=O) groups is 2. The lowest BCUT2D eigenvalue weighted by molar-refractivity contribution is -0.143. The minimum Gasteiger partial charge on any atom is -0.381 e. The van der Waals surface area contributed by atoms with Crippen LogP contribution in [0.1, 0.15) is 36.0 Å². The predicted molar refractivity (Wildman–Crippen MR) is 97.8 cm³/mol. The zero-order valence-corrected chi connectivity index (χ0v) is 16.0. The lowest BCUT2D eigenvalue weighted by Crippen LogP contribution is -2.54. The molecule has 2 heterocycles. The Hall–Kier alpha value is -2.06. The second-order valence-corrected chi connectivity index (χ2v) is 7.23. The van der Waals surface area contributed by atoms with Gasteiger partial charge in [0.2, 0.25) is 5.91 Å². The molecular formula is C20H26F2N2O4. The van der Waals surface area contributed by atoms with E-state index in [0.717, 1.165) is 31.0 Å². The topological polar surface area (TPSA) is 59.1 Å². The summed E-state index contributed by atoms with van der Waals surface area (Å²) < 4.78 is 37.8. The van der Waals surface area contributed by atoms with Crippen molar-refractivity contribution in [3.8, 4) is 0 Å². The highest BCUT2D eigenvalue weighted by Gasteiger charge is 2.35. The highest BCUT2D eigenvalue weighted by molar-refractivity contribution is 5.94. The highest BCUT2D eigenvalue weighted by atomic mass is 19.1. The minimum absolute atomic E-state index is 0.00726. The fraction of sp³-hybridized carbons (Fsp3) is 0.600. The summed E-state index contributed by atoms with van der Waals surface area (Å²) in [5.41, 5.74) is -0.254. The van der Waals surface area contributed by atoms with E-state index in [2.05, 4.69) is 0 Å². The van der Waals surface area contributed by atoms with Crippen molar-refractivity contribution in [2.45, 2.75) is 37.8 Å². The van der Waals surface area contributed by atoms with E-state index in [-0.39, 0.29) is 30.2 Å². The molecule has 2 amide bonds. The monoisotopic (exact) mass is 396 g/mol. The Kier molecular flexibility index (Phi) is 6.96. The molecule has 2 fully saturated rings. The van der Waals surface area contributed by atoms with E-state index in [1.807, 2.05) is 4.90 Å². The number of carbonyl (C=O) groups excluding carboxylic acids is 2. The van der Waals surface area contributed by atoms with Gasteiger partial charge in [0.25, 0.3) is 5.91 Å². The second kappa shape index (κ2) is 9.43. The lowest BCUT2D eigenvalue weighted by atomic mass is 9.97. The molecule has 1 aromatic carbocycles. The number of halogens is 2. The summed E-state index contributed by atoms with van der Waals surface area (Å²) in [4.78, 5) is 28.7. The van der Waals surface area contributed by atoms with Gasteiger partial charge in [-0.3, -0.25) is 9.59 Å². The van der Waals surface area contributed by atoms with Crippen molar-refractivity contribution in [1.29, 1.82) is 0 Å². The van der Waals surface area contributed by atoms with Crippen LogP contribution in [0.5, 0.6) is 0 Å². The van der Waals surface area contributed by atoms with Crippen LogP contribution in [0.2, 0.25) is 0 Å². The number of likely N-dealkylation sites (tertiary alicyclic amines) is 1. The average Bonchev–Trinajstić information content (AvgIpc) is 2.71. The Labute approximate surface area is 163 Å². The van der Waals surface area contributed by atoms with Crippen molar-refractivity contribution in [3.05, 3.63) is 35.4 Å². The van der Waals surface area contributed by atoms with Gasteiger partial charge in [-0.25, -0.2) is 8.78 Å². The van der Waals surface area contributed by atoms with E-state index in [0.29, 0.717) is 39.1 Å². The molecule has 0 spiro atoms. The second-order valence-electron chi connectivity index (χ2n) is 7.23. The fourth-order valence-corrected chi connectivity index (χ4v) is 4.05. The number of ether oxygens (including phenoxy) is 2. The number of benzene rings is 1. The van der Waals surface area contributed by atoms with Crippen molar-refractivity contribution >= 4 is 11.8 Å². The molecule has 0 unspecified atom stereocenters. The Bertz CT molecular complexity index is 701. The maximum atomic E-state index is 13.9. The predicted octanol–water partition coefficient (Wildman–Crippen LogP) is 2.22. The van der Waals surface area contributed by atoms with Crippen molar-refractivity contribution in [3.63, 3.8) is 0 Å². The summed E-state index contributed by atoms with van der Waals surface area (Å²) in [6, 6.07) is 2.98. The van der Waals surface area contributed by atoms with Gasteiger partial charge in [0.1, 0.15) is 18.2 Å². The SMILES string of the molecule is COCC(=O)N(C1CCOCC1)C1CCN(C(=O)c2cc(F)ccc2F)CC1. The molecule has 0 atom stereocenters. The molecule has 6 nitrogen and oxygen atoms in total. The lowest BCUT2D eigenvalue weighted by Gasteiger charge is -2.43. The van der Waals surface area contributed by atoms with Crippen LogP contribution in [0.25, 0.3) is 0 Å². The van der Waals surface area contributed by atoms with Gasteiger partial charge < -0.3 is 19.3 Å². The summed E-state index contributed by atoms with van der Waals surface area (Å²) in [6.45, 7) is 2.04. The van der Waals surface area contributed by atoms with Crippen molar-refractivity contribution in [1.82, 2.24) is 9.80 Å². The number of amides is 2. The zero-order chi connectivity index (χ0) is 20.1. The summed E-state index contributed by atoms with van der Waals surface area (Å²) in [7, 11) is 1.49. The first-order chi connectivity index (χ1) is 13.5. The van der Waals surface area contributed by atoms with E-state index in [1.165, 1.54) is 12.0 Å². The normalized spacial score (nSPS) is 18.9. The molecule has 2 aliphatic rings. The third kappa shape index (κ3) is 4.67. The molecule has 0 aromatic heterocycles. The van der Waals surface area contributed by atoms with Gasteiger partial charge in [-0.1, -0.05) is 0 Å². The van der Waals surface area contributed by atoms with Gasteiger partial charge in [-0.15, -0.1) is 0 Å². The number of hydrogen-bond donors (Lipinski definition) is 0. The number of hydrogen-bond acceptors (Lipinski definition) is 4. The number of methoxy groups -OCH3 is 1. The van der Waals surface area contributed by atoms with E-state index in [9.17, 15) is 18.4 Å². The standard InChI is InChI=1S/C20H26F2N2O4/c1-27-13-19(25)24(16-6-10-28-11-7-16)15-4-8-23(9-5-15)20(26)17-12-14(21)2-3-18(17)22/h2-3,12,15-16H,4-11,13H2,1H3. The number of nitrogens with zero attached hydrogens (tertiary/aromatic N) is 2. The van der Waals surface area contributed by atoms with Gasteiger partial charge in [-0.2, -0.15) is 0 Å². The first-order valence-electron chi connectivity index (χ1n) is 9.63. The molecule has 154 valence electrons. The average molecular weight is 396 g/mol. The first kappa shape index (κ1) is 20.7. The van der Waals surface area contributed by atoms with Gasteiger partial charge in [0, 0.05) is 45.5 Å². The molecule has 0 saturated carbocycles. The van der Waals surface area contributed by atoms with Crippen molar-refractivity contribution in [2.24, 2.45) is 0 Å².